The van der Waals surface area contributed by atoms with E-state index < -0.39 is 12.0 Å². The van der Waals surface area contributed by atoms with Crippen molar-refractivity contribution in [2.24, 2.45) is 0 Å². The van der Waals surface area contributed by atoms with E-state index in [4.69, 9.17) is 0 Å². The Labute approximate surface area is 134 Å². The molecule has 0 unspecified atom stereocenters. The third-order valence-corrected chi connectivity index (χ3v) is 5.05. The van der Waals surface area contributed by atoms with E-state index in [1.54, 1.807) is 0 Å². The first-order valence-electron chi connectivity index (χ1n) is 8.32. The number of carboxylic acids is 1. The molecule has 1 aliphatic rings. The van der Waals surface area contributed by atoms with Crippen molar-refractivity contribution in [3.63, 3.8) is 0 Å². The van der Waals surface area contributed by atoms with Crippen LogP contribution in [-0.2, 0) is 4.79 Å². The second-order valence-electron chi connectivity index (χ2n) is 7.43. The van der Waals surface area contributed by atoms with Crippen LogP contribution in [0.25, 0.3) is 0 Å². The molecule has 1 aromatic rings. The highest BCUT2D eigenvalue weighted by atomic mass is 16.4. The summed E-state index contributed by atoms with van der Waals surface area (Å²) in [6, 6.07) is 3.99. The molecule has 2 rings (SSSR count). The van der Waals surface area contributed by atoms with Crippen LogP contribution in [0.4, 0.5) is 5.69 Å². The summed E-state index contributed by atoms with van der Waals surface area (Å²) in [4.78, 5) is 14.0. The van der Waals surface area contributed by atoms with Gasteiger partial charge in [0.05, 0.1) is 0 Å². The summed E-state index contributed by atoms with van der Waals surface area (Å²) < 4.78 is 0. The largest absolute Gasteiger partial charge is 0.480 e. The van der Waals surface area contributed by atoms with Gasteiger partial charge in [-0.2, -0.15) is 0 Å². The Hall–Kier alpha value is -1.51. The van der Waals surface area contributed by atoms with Gasteiger partial charge in [-0.3, -0.25) is 0 Å². The van der Waals surface area contributed by atoms with Crippen LogP contribution in [0.3, 0.4) is 0 Å². The molecular formula is C19H29NO2. The van der Waals surface area contributed by atoms with Crippen molar-refractivity contribution in [2.75, 3.05) is 4.90 Å². The lowest BCUT2D eigenvalue weighted by atomic mass is 9.78. The first kappa shape index (κ1) is 16.9. The van der Waals surface area contributed by atoms with Crippen molar-refractivity contribution in [3.05, 3.63) is 28.8 Å². The van der Waals surface area contributed by atoms with E-state index in [1.807, 2.05) is 0 Å². The molecule has 0 aromatic heterocycles. The molecule has 0 saturated heterocycles. The summed E-state index contributed by atoms with van der Waals surface area (Å²) in [5.41, 5.74) is 4.78. The maximum Gasteiger partial charge on any atom is 0.326 e. The van der Waals surface area contributed by atoms with Gasteiger partial charge in [0.1, 0.15) is 6.04 Å². The number of benzene rings is 1. The van der Waals surface area contributed by atoms with Crippen molar-refractivity contribution in [1.29, 1.82) is 0 Å². The summed E-state index contributed by atoms with van der Waals surface area (Å²) in [6.45, 7) is 12.9. The molecule has 1 N–H and O–H groups in total. The van der Waals surface area contributed by atoms with E-state index in [9.17, 15) is 9.90 Å². The highest BCUT2D eigenvalue weighted by molar-refractivity contribution is 5.80. The zero-order valence-corrected chi connectivity index (χ0v) is 14.7. The van der Waals surface area contributed by atoms with Crippen molar-refractivity contribution in [1.82, 2.24) is 0 Å². The van der Waals surface area contributed by atoms with Crippen LogP contribution in [0.2, 0.25) is 0 Å². The first-order valence-corrected chi connectivity index (χ1v) is 8.32. The van der Waals surface area contributed by atoms with Gasteiger partial charge in [0.15, 0.2) is 0 Å². The number of carbonyl (C=O) groups is 1. The number of hydrogen-bond donors (Lipinski definition) is 1. The molecule has 22 heavy (non-hydrogen) atoms. The molecule has 0 aliphatic carbocycles. The molecule has 3 heteroatoms. The maximum atomic E-state index is 11.9. The van der Waals surface area contributed by atoms with Gasteiger partial charge >= 0.3 is 5.97 Å². The Balaban J connectivity index is 2.63. The Kier molecular flexibility index (Phi) is 4.55. The zero-order valence-electron chi connectivity index (χ0n) is 14.7. The quantitative estimate of drug-likeness (QED) is 0.880. The van der Waals surface area contributed by atoms with Gasteiger partial charge in [-0.05, 0) is 69.2 Å². The number of nitrogens with zero attached hydrogens (tertiary/aromatic N) is 1. The molecule has 1 heterocycles. The SMILES string of the molecule is CCC[C@H](C(=O)O)N1c2cc(C)c(C)cc2[C@H](C)CC1(C)C. The smallest absolute Gasteiger partial charge is 0.326 e. The molecule has 2 atom stereocenters. The molecule has 0 saturated carbocycles. The fourth-order valence-electron chi connectivity index (χ4n) is 3.94. The lowest BCUT2D eigenvalue weighted by Crippen LogP contribution is -2.56. The van der Waals surface area contributed by atoms with Crippen molar-refractivity contribution in [2.45, 2.75) is 78.3 Å². The second kappa shape index (κ2) is 5.94. The van der Waals surface area contributed by atoms with Crippen LogP contribution in [0.1, 0.15) is 69.6 Å². The molecule has 1 aromatic carbocycles. The number of aliphatic carboxylic acids is 1. The standard InChI is InChI=1S/C19H29NO2/c1-7-8-16(18(21)22)20-17-10-13(3)12(2)9-15(17)14(4)11-19(20,5)6/h9-10,14,16H,7-8,11H2,1-6H3,(H,21,22)/t14-,16-/m1/s1. The zero-order chi connectivity index (χ0) is 16.7. The van der Waals surface area contributed by atoms with Crippen LogP contribution in [0, 0.1) is 13.8 Å². The van der Waals surface area contributed by atoms with Gasteiger partial charge in [-0.25, -0.2) is 4.79 Å². The van der Waals surface area contributed by atoms with Crippen LogP contribution >= 0.6 is 0 Å². The van der Waals surface area contributed by atoms with Gasteiger partial charge in [0.2, 0.25) is 0 Å². The molecule has 0 radical (unpaired) electrons. The summed E-state index contributed by atoms with van der Waals surface area (Å²) >= 11 is 0. The fraction of sp³-hybridized carbons (Fsp3) is 0.632. The maximum absolute atomic E-state index is 11.9. The minimum absolute atomic E-state index is 0.146. The molecule has 3 nitrogen and oxygen atoms in total. The summed E-state index contributed by atoms with van der Waals surface area (Å²) in [6.07, 6.45) is 2.54. The van der Waals surface area contributed by atoms with Gasteiger partial charge in [0, 0.05) is 11.2 Å². The van der Waals surface area contributed by atoms with E-state index in [-0.39, 0.29) is 5.54 Å². The lowest BCUT2D eigenvalue weighted by molar-refractivity contribution is -0.139. The molecule has 0 amide bonds. The van der Waals surface area contributed by atoms with E-state index in [1.165, 1.54) is 16.7 Å². The fourth-order valence-corrected chi connectivity index (χ4v) is 3.94. The Morgan fingerprint density at radius 3 is 2.50 bits per heavy atom. The van der Waals surface area contributed by atoms with Gasteiger partial charge in [0.25, 0.3) is 0 Å². The van der Waals surface area contributed by atoms with Crippen molar-refractivity contribution >= 4 is 11.7 Å². The van der Waals surface area contributed by atoms with Crippen molar-refractivity contribution in [3.8, 4) is 0 Å². The highest BCUT2D eigenvalue weighted by Gasteiger charge is 2.42. The lowest BCUT2D eigenvalue weighted by Gasteiger charge is -2.50. The second-order valence-corrected chi connectivity index (χ2v) is 7.43. The predicted octanol–water partition coefficient (Wildman–Crippen LogP) is 4.65. The predicted molar refractivity (Wildman–Crippen MR) is 91.8 cm³/mol. The molecular weight excluding hydrogens is 274 g/mol. The van der Waals surface area contributed by atoms with Crippen molar-refractivity contribution < 1.29 is 9.90 Å². The average molecular weight is 303 g/mol. The molecule has 122 valence electrons. The number of fused-ring (bicyclic) bond motifs is 1. The Morgan fingerprint density at radius 2 is 1.95 bits per heavy atom. The summed E-state index contributed by atoms with van der Waals surface area (Å²) in [5.74, 6) is -0.259. The molecule has 0 bridgehead atoms. The Morgan fingerprint density at radius 1 is 1.36 bits per heavy atom. The van der Waals surface area contributed by atoms with Gasteiger partial charge < -0.3 is 10.0 Å². The van der Waals surface area contributed by atoms with E-state index >= 15 is 0 Å². The number of hydrogen-bond acceptors (Lipinski definition) is 2. The van der Waals surface area contributed by atoms with Crippen LogP contribution < -0.4 is 4.90 Å². The van der Waals surface area contributed by atoms with Crippen LogP contribution in [-0.4, -0.2) is 22.7 Å². The Bertz CT molecular complexity index is 577. The van der Waals surface area contributed by atoms with E-state index in [0.29, 0.717) is 12.3 Å². The molecule has 1 aliphatic heterocycles. The highest BCUT2D eigenvalue weighted by Crippen LogP contribution is 2.45. The third kappa shape index (κ3) is 2.86. The van der Waals surface area contributed by atoms with Crippen LogP contribution in [0.5, 0.6) is 0 Å². The number of carboxylic acid groups (broad SMARTS) is 1. The van der Waals surface area contributed by atoms with E-state index in [0.717, 1.165) is 18.5 Å². The summed E-state index contributed by atoms with van der Waals surface area (Å²) in [5, 5.41) is 9.76. The van der Waals surface area contributed by atoms with Crippen LogP contribution in [0.15, 0.2) is 12.1 Å². The topological polar surface area (TPSA) is 40.5 Å². The number of aryl methyl sites for hydroxylation is 2. The number of anilines is 1. The normalized spacial score (nSPS) is 21.4. The van der Waals surface area contributed by atoms with E-state index in [2.05, 4.69) is 58.6 Å². The molecule has 0 fully saturated rings. The monoisotopic (exact) mass is 303 g/mol. The first-order chi connectivity index (χ1) is 10.2. The summed E-state index contributed by atoms with van der Waals surface area (Å²) in [7, 11) is 0. The minimum Gasteiger partial charge on any atom is -0.480 e. The molecule has 0 spiro atoms. The third-order valence-electron chi connectivity index (χ3n) is 5.05. The van der Waals surface area contributed by atoms with Gasteiger partial charge in [-0.15, -0.1) is 0 Å². The minimum atomic E-state index is -0.714. The number of rotatable bonds is 4. The van der Waals surface area contributed by atoms with Gasteiger partial charge in [-0.1, -0.05) is 26.3 Å². The average Bonchev–Trinajstić information content (AvgIpc) is 2.39.